The van der Waals surface area contributed by atoms with Gasteiger partial charge in [-0.05, 0) is 36.4 Å². The van der Waals surface area contributed by atoms with Gasteiger partial charge >= 0.3 is 0 Å². The van der Waals surface area contributed by atoms with Crippen LogP contribution in [0, 0.1) is 0 Å². The molecule has 0 unspecified atom stereocenters. The van der Waals surface area contributed by atoms with Gasteiger partial charge in [0.15, 0.2) is 11.5 Å². The lowest BCUT2D eigenvalue weighted by atomic mass is 10.2. The van der Waals surface area contributed by atoms with Crippen molar-refractivity contribution in [2.24, 2.45) is 0 Å². The fraction of sp³-hybridized carbons (Fsp3) is 0.143. The summed E-state index contributed by atoms with van der Waals surface area (Å²) in [6.07, 6.45) is -0.882. The first-order valence-corrected chi connectivity index (χ1v) is 9.35. The van der Waals surface area contributed by atoms with Gasteiger partial charge in [0.2, 0.25) is 0 Å². The zero-order valence-electron chi connectivity index (χ0n) is 15.8. The van der Waals surface area contributed by atoms with Crippen LogP contribution in [-0.2, 0) is 11.3 Å². The zero-order chi connectivity index (χ0) is 21.1. The van der Waals surface area contributed by atoms with Crippen LogP contribution in [0.4, 0.5) is 20.3 Å². The third-order valence-electron chi connectivity index (χ3n) is 4.31. The smallest absolute Gasteiger partial charge is 0.263 e. The second kappa shape index (κ2) is 8.64. The van der Waals surface area contributed by atoms with Crippen molar-refractivity contribution in [3.63, 3.8) is 0 Å². The van der Waals surface area contributed by atoms with E-state index in [0.29, 0.717) is 44.8 Å². The first kappa shape index (κ1) is 20.1. The van der Waals surface area contributed by atoms with Gasteiger partial charge in [0.25, 0.3) is 6.43 Å². The van der Waals surface area contributed by atoms with Gasteiger partial charge in [-0.15, -0.1) is 0 Å². The molecule has 0 saturated heterocycles. The highest BCUT2D eigenvalue weighted by Crippen LogP contribution is 2.29. The van der Waals surface area contributed by atoms with Crippen molar-refractivity contribution in [2.75, 3.05) is 12.4 Å². The van der Waals surface area contributed by atoms with Gasteiger partial charge in [0, 0.05) is 24.6 Å². The van der Waals surface area contributed by atoms with Crippen molar-refractivity contribution in [3.05, 3.63) is 71.1 Å². The van der Waals surface area contributed by atoms with E-state index in [1.165, 1.54) is 12.1 Å². The van der Waals surface area contributed by atoms with Crippen LogP contribution in [0.5, 0.6) is 0 Å². The lowest BCUT2D eigenvalue weighted by molar-refractivity contribution is 0.151. The van der Waals surface area contributed by atoms with E-state index < -0.39 is 6.43 Å². The minimum absolute atomic E-state index is 0.0493. The number of aromatic nitrogens is 4. The highest BCUT2D eigenvalue weighted by Gasteiger charge is 2.13. The van der Waals surface area contributed by atoms with Gasteiger partial charge in [0.1, 0.15) is 18.1 Å². The molecule has 30 heavy (non-hydrogen) atoms. The Hall–Kier alpha value is -3.23. The Morgan fingerprint density at radius 2 is 1.83 bits per heavy atom. The molecule has 0 aliphatic rings. The number of ether oxygens (including phenoxy) is 1. The van der Waals surface area contributed by atoms with Crippen molar-refractivity contribution in [3.8, 4) is 11.4 Å². The van der Waals surface area contributed by atoms with E-state index >= 15 is 0 Å². The number of methoxy groups -OCH3 is 1. The molecule has 0 aliphatic heterocycles. The summed E-state index contributed by atoms with van der Waals surface area (Å²) in [5, 5.41) is 4.28. The van der Waals surface area contributed by atoms with E-state index in [0.717, 1.165) is 0 Å². The number of halogens is 3. The molecule has 0 amide bonds. The molecular weight excluding hydrogens is 412 g/mol. The van der Waals surface area contributed by atoms with Crippen LogP contribution in [0.15, 0.2) is 54.7 Å². The molecule has 0 aliphatic carbocycles. The first-order chi connectivity index (χ1) is 14.5. The van der Waals surface area contributed by atoms with Gasteiger partial charge in [-0.2, -0.15) is 0 Å². The van der Waals surface area contributed by atoms with Crippen molar-refractivity contribution in [1.29, 1.82) is 0 Å². The highest BCUT2D eigenvalue weighted by atomic mass is 35.5. The average molecular weight is 428 g/mol. The molecule has 1 aromatic carbocycles. The number of benzene rings is 1. The summed E-state index contributed by atoms with van der Waals surface area (Å²) in [4.78, 5) is 17.8. The Bertz CT molecular complexity index is 1190. The van der Waals surface area contributed by atoms with Crippen molar-refractivity contribution in [2.45, 2.75) is 13.0 Å². The van der Waals surface area contributed by atoms with Crippen LogP contribution in [0.25, 0.3) is 22.4 Å². The number of nitrogens with zero attached hydrogens (tertiary/aromatic N) is 4. The van der Waals surface area contributed by atoms with E-state index in [9.17, 15) is 8.78 Å². The van der Waals surface area contributed by atoms with Gasteiger partial charge in [0.05, 0.1) is 16.1 Å². The Labute approximate surface area is 175 Å². The van der Waals surface area contributed by atoms with Crippen molar-refractivity contribution < 1.29 is 13.5 Å². The second-order valence-electron chi connectivity index (χ2n) is 6.37. The summed E-state index contributed by atoms with van der Waals surface area (Å²) >= 11 is 6.24. The molecule has 0 fully saturated rings. The van der Waals surface area contributed by atoms with Crippen LogP contribution in [-0.4, -0.2) is 27.0 Å². The quantitative estimate of drug-likeness (QED) is 0.434. The molecule has 0 bridgehead atoms. The molecule has 0 atom stereocenters. The van der Waals surface area contributed by atoms with Gasteiger partial charge in [-0.1, -0.05) is 23.7 Å². The summed E-state index contributed by atoms with van der Waals surface area (Å²) in [5.74, 6) is 0.913. The van der Waals surface area contributed by atoms with Gasteiger partial charge in [-0.25, -0.2) is 23.7 Å². The Morgan fingerprint density at radius 1 is 1.03 bits per heavy atom. The van der Waals surface area contributed by atoms with Crippen molar-refractivity contribution in [1.82, 2.24) is 19.9 Å². The molecule has 0 spiro atoms. The van der Waals surface area contributed by atoms with E-state index in [-0.39, 0.29) is 12.2 Å². The maximum Gasteiger partial charge on any atom is 0.263 e. The normalized spacial score (nSPS) is 11.2. The molecule has 152 valence electrons. The summed E-state index contributed by atoms with van der Waals surface area (Å²) in [6, 6.07) is 12.9. The number of hydrogen-bond donors (Lipinski definition) is 1. The molecule has 4 aromatic rings. The Kier molecular flexibility index (Phi) is 5.78. The number of pyridine rings is 2. The van der Waals surface area contributed by atoms with Crippen LogP contribution in [0.1, 0.15) is 17.8 Å². The molecule has 0 radical (unpaired) electrons. The predicted octanol–water partition coefficient (Wildman–Crippen LogP) is 5.57. The molecule has 3 aromatic heterocycles. The monoisotopic (exact) mass is 427 g/mol. The highest BCUT2D eigenvalue weighted by molar-refractivity contribution is 6.32. The molecule has 0 saturated carbocycles. The van der Waals surface area contributed by atoms with Crippen molar-refractivity contribution >= 4 is 34.1 Å². The van der Waals surface area contributed by atoms with Gasteiger partial charge in [-0.3, -0.25) is 4.98 Å². The minimum Gasteiger partial charge on any atom is -0.377 e. The van der Waals surface area contributed by atoms with E-state index in [4.69, 9.17) is 16.3 Å². The molecular formula is C21H16ClF2N5O. The summed E-state index contributed by atoms with van der Waals surface area (Å²) in [6.45, 7) is 0.186. The molecule has 9 heteroatoms. The number of nitrogens with one attached hydrogen (secondary N) is 1. The zero-order valence-corrected chi connectivity index (χ0v) is 16.6. The number of anilines is 2. The number of rotatable bonds is 6. The summed E-state index contributed by atoms with van der Waals surface area (Å²) < 4.78 is 30.8. The second-order valence-corrected chi connectivity index (χ2v) is 6.78. The van der Waals surface area contributed by atoms with Crippen LogP contribution >= 0.6 is 11.6 Å². The van der Waals surface area contributed by atoms with Crippen LogP contribution in [0.3, 0.4) is 0 Å². The van der Waals surface area contributed by atoms with E-state index in [1.54, 1.807) is 43.6 Å². The maximum atomic E-state index is 12.8. The SMILES string of the molecule is COCc1nc(Nc2ccc(C(F)F)cc2)c2ccc(-c3ncccc3Cl)nc2n1. The Morgan fingerprint density at radius 3 is 2.53 bits per heavy atom. The molecule has 1 N–H and O–H groups in total. The predicted molar refractivity (Wildman–Crippen MR) is 111 cm³/mol. The first-order valence-electron chi connectivity index (χ1n) is 8.98. The Balaban J connectivity index is 1.77. The molecule has 6 nitrogen and oxygen atoms in total. The van der Waals surface area contributed by atoms with E-state index in [2.05, 4.69) is 25.3 Å². The third kappa shape index (κ3) is 4.19. The molecule has 4 rings (SSSR count). The third-order valence-corrected chi connectivity index (χ3v) is 4.61. The maximum absolute atomic E-state index is 12.8. The number of fused-ring (bicyclic) bond motifs is 1. The average Bonchev–Trinajstić information content (AvgIpc) is 2.74. The topological polar surface area (TPSA) is 72.8 Å². The number of alkyl halides is 2. The van der Waals surface area contributed by atoms with Crippen LogP contribution < -0.4 is 5.32 Å². The standard InChI is InChI=1S/C21H16ClF2N5O/c1-30-11-17-28-20(26-13-6-4-12(5-7-13)19(23)24)14-8-9-16(27-21(14)29-17)18-15(22)3-2-10-25-18/h2-10,19H,11H2,1H3,(H,26,27,28,29). The lowest BCUT2D eigenvalue weighted by Crippen LogP contribution is -2.04. The minimum atomic E-state index is -2.52. The van der Waals surface area contributed by atoms with Gasteiger partial charge < -0.3 is 10.1 Å². The molecule has 3 heterocycles. The fourth-order valence-electron chi connectivity index (χ4n) is 2.90. The summed E-state index contributed by atoms with van der Waals surface area (Å²) in [5.41, 5.74) is 2.11. The largest absolute Gasteiger partial charge is 0.377 e. The lowest BCUT2D eigenvalue weighted by Gasteiger charge is -2.12. The summed E-state index contributed by atoms with van der Waals surface area (Å²) in [7, 11) is 1.54. The van der Waals surface area contributed by atoms with Crippen LogP contribution in [0.2, 0.25) is 5.02 Å². The fourth-order valence-corrected chi connectivity index (χ4v) is 3.12. The number of hydrogen-bond acceptors (Lipinski definition) is 6. The van der Waals surface area contributed by atoms with E-state index in [1.807, 2.05) is 6.07 Å².